The fourth-order valence-corrected chi connectivity index (χ4v) is 4.08. The Hall–Kier alpha value is -0.0800. The summed E-state index contributed by atoms with van der Waals surface area (Å²) in [7, 11) is 0. The molecule has 17 heavy (non-hydrogen) atoms. The fourth-order valence-electron chi connectivity index (χ4n) is 4.08. The second-order valence-corrected chi connectivity index (χ2v) is 6.94. The first kappa shape index (κ1) is 12.0. The van der Waals surface area contributed by atoms with Gasteiger partial charge in [-0.25, -0.2) is 0 Å². The highest BCUT2D eigenvalue weighted by atomic mass is 15.3. The lowest BCUT2D eigenvalue weighted by Crippen LogP contribution is -2.67. The quantitative estimate of drug-likeness (QED) is 0.793. The van der Waals surface area contributed by atoms with Crippen LogP contribution >= 0.6 is 0 Å². The Bertz CT molecular complexity index is 264. The van der Waals surface area contributed by atoms with Crippen molar-refractivity contribution in [2.24, 2.45) is 5.92 Å². The number of piperazine rings is 1. The molecule has 98 valence electrons. The highest BCUT2D eigenvalue weighted by molar-refractivity contribution is 5.03. The highest BCUT2D eigenvalue weighted by Gasteiger charge is 2.44. The van der Waals surface area contributed by atoms with E-state index in [4.69, 9.17) is 0 Å². The van der Waals surface area contributed by atoms with Crippen molar-refractivity contribution in [1.29, 1.82) is 0 Å². The van der Waals surface area contributed by atoms with Gasteiger partial charge in [-0.3, -0.25) is 4.90 Å². The Labute approximate surface area is 106 Å². The van der Waals surface area contributed by atoms with Crippen LogP contribution in [-0.4, -0.2) is 35.6 Å². The van der Waals surface area contributed by atoms with Gasteiger partial charge in [0.15, 0.2) is 0 Å². The van der Waals surface area contributed by atoms with Crippen molar-refractivity contribution in [2.75, 3.05) is 13.1 Å². The lowest BCUT2D eigenvalue weighted by atomic mass is 9.83. The summed E-state index contributed by atoms with van der Waals surface area (Å²) in [5, 5.41) is 3.92. The molecule has 0 aromatic heterocycles. The molecule has 3 fully saturated rings. The third-order valence-corrected chi connectivity index (χ3v) is 5.47. The zero-order chi connectivity index (χ0) is 11.9. The molecule has 0 bridgehead atoms. The molecule has 2 saturated carbocycles. The summed E-state index contributed by atoms with van der Waals surface area (Å²) < 4.78 is 0. The van der Waals surface area contributed by atoms with Gasteiger partial charge in [0.1, 0.15) is 0 Å². The van der Waals surface area contributed by atoms with Crippen molar-refractivity contribution in [2.45, 2.75) is 76.4 Å². The van der Waals surface area contributed by atoms with E-state index in [1.54, 1.807) is 0 Å². The third kappa shape index (κ3) is 2.15. The fraction of sp³-hybridized carbons (Fsp3) is 1.00. The van der Waals surface area contributed by atoms with E-state index in [2.05, 4.69) is 24.1 Å². The summed E-state index contributed by atoms with van der Waals surface area (Å²) in [4.78, 5) is 2.88. The number of rotatable bonds is 2. The minimum absolute atomic E-state index is 0.501. The molecule has 0 aromatic carbocycles. The van der Waals surface area contributed by atoms with Gasteiger partial charge >= 0.3 is 0 Å². The van der Waals surface area contributed by atoms with Crippen molar-refractivity contribution in [3.8, 4) is 0 Å². The number of nitrogens with one attached hydrogen (secondary N) is 1. The van der Waals surface area contributed by atoms with Gasteiger partial charge in [-0.1, -0.05) is 33.1 Å². The summed E-state index contributed by atoms with van der Waals surface area (Å²) in [6.45, 7) is 7.35. The standard InChI is InChI=1S/C15H28N2/c1-12(2)14-10-16-15(8-3-4-9-15)11-17(14)13-6-5-7-13/h12-14,16H,3-11H2,1-2H3. The molecule has 1 heterocycles. The molecule has 3 aliphatic rings. The van der Waals surface area contributed by atoms with Crippen LogP contribution in [-0.2, 0) is 0 Å². The summed E-state index contributed by atoms with van der Waals surface area (Å²) in [5.74, 6) is 0.793. The van der Waals surface area contributed by atoms with Gasteiger partial charge < -0.3 is 5.32 Å². The van der Waals surface area contributed by atoms with Gasteiger partial charge in [0.2, 0.25) is 0 Å². The molecule has 0 amide bonds. The Morgan fingerprint density at radius 1 is 1.12 bits per heavy atom. The molecule has 2 nitrogen and oxygen atoms in total. The van der Waals surface area contributed by atoms with Gasteiger partial charge in [-0.05, 0) is 31.6 Å². The Morgan fingerprint density at radius 3 is 2.35 bits per heavy atom. The molecular weight excluding hydrogens is 208 g/mol. The molecular formula is C15H28N2. The highest BCUT2D eigenvalue weighted by Crippen LogP contribution is 2.38. The van der Waals surface area contributed by atoms with Crippen LogP contribution in [0.5, 0.6) is 0 Å². The van der Waals surface area contributed by atoms with Crippen LogP contribution < -0.4 is 5.32 Å². The minimum atomic E-state index is 0.501. The second kappa shape index (κ2) is 4.55. The van der Waals surface area contributed by atoms with E-state index in [1.165, 1.54) is 58.0 Å². The van der Waals surface area contributed by atoms with E-state index in [0.717, 1.165) is 18.0 Å². The predicted molar refractivity (Wildman–Crippen MR) is 72.2 cm³/mol. The van der Waals surface area contributed by atoms with E-state index in [9.17, 15) is 0 Å². The van der Waals surface area contributed by atoms with E-state index in [0.29, 0.717) is 5.54 Å². The van der Waals surface area contributed by atoms with Gasteiger partial charge in [0, 0.05) is 30.7 Å². The van der Waals surface area contributed by atoms with Gasteiger partial charge in [-0.15, -0.1) is 0 Å². The van der Waals surface area contributed by atoms with Crippen molar-refractivity contribution >= 4 is 0 Å². The third-order valence-electron chi connectivity index (χ3n) is 5.47. The lowest BCUT2D eigenvalue weighted by Gasteiger charge is -2.53. The summed E-state index contributed by atoms with van der Waals surface area (Å²) in [5.41, 5.74) is 0.501. The van der Waals surface area contributed by atoms with Crippen LogP contribution in [0, 0.1) is 5.92 Å². The summed E-state index contributed by atoms with van der Waals surface area (Å²) in [6, 6.07) is 1.70. The first-order valence-electron chi connectivity index (χ1n) is 7.71. The molecule has 1 aliphatic heterocycles. The first-order chi connectivity index (χ1) is 8.20. The van der Waals surface area contributed by atoms with E-state index < -0.39 is 0 Å². The van der Waals surface area contributed by atoms with Crippen molar-refractivity contribution < 1.29 is 0 Å². The molecule has 1 saturated heterocycles. The van der Waals surface area contributed by atoms with Crippen LogP contribution in [0.4, 0.5) is 0 Å². The number of nitrogens with zero attached hydrogens (tertiary/aromatic N) is 1. The molecule has 1 unspecified atom stereocenters. The van der Waals surface area contributed by atoms with Crippen molar-refractivity contribution in [3.05, 3.63) is 0 Å². The van der Waals surface area contributed by atoms with Crippen LogP contribution in [0.15, 0.2) is 0 Å². The molecule has 1 spiro atoms. The number of hydrogen-bond donors (Lipinski definition) is 1. The molecule has 2 heteroatoms. The van der Waals surface area contributed by atoms with Crippen LogP contribution in [0.1, 0.15) is 58.8 Å². The predicted octanol–water partition coefficient (Wildman–Crippen LogP) is 2.78. The Morgan fingerprint density at radius 2 is 1.82 bits per heavy atom. The molecule has 3 rings (SSSR count). The van der Waals surface area contributed by atoms with E-state index >= 15 is 0 Å². The largest absolute Gasteiger partial charge is 0.308 e. The van der Waals surface area contributed by atoms with Crippen LogP contribution in [0.2, 0.25) is 0 Å². The van der Waals surface area contributed by atoms with Gasteiger partial charge in [0.25, 0.3) is 0 Å². The molecule has 1 N–H and O–H groups in total. The van der Waals surface area contributed by atoms with Crippen molar-refractivity contribution in [3.63, 3.8) is 0 Å². The molecule has 1 atom stereocenters. The Balaban J connectivity index is 1.73. The maximum Gasteiger partial charge on any atom is 0.0309 e. The zero-order valence-electron chi connectivity index (χ0n) is 11.5. The average Bonchev–Trinajstić information content (AvgIpc) is 2.63. The second-order valence-electron chi connectivity index (χ2n) is 6.94. The monoisotopic (exact) mass is 236 g/mol. The summed E-state index contributed by atoms with van der Waals surface area (Å²) in [6.07, 6.45) is 10.1. The zero-order valence-corrected chi connectivity index (χ0v) is 11.5. The topological polar surface area (TPSA) is 15.3 Å². The smallest absolute Gasteiger partial charge is 0.0309 e. The van der Waals surface area contributed by atoms with Gasteiger partial charge in [-0.2, -0.15) is 0 Å². The lowest BCUT2D eigenvalue weighted by molar-refractivity contribution is -0.00502. The van der Waals surface area contributed by atoms with Crippen LogP contribution in [0.3, 0.4) is 0 Å². The molecule has 2 aliphatic carbocycles. The van der Waals surface area contributed by atoms with E-state index in [1.807, 2.05) is 0 Å². The molecule has 0 radical (unpaired) electrons. The van der Waals surface area contributed by atoms with E-state index in [-0.39, 0.29) is 0 Å². The maximum atomic E-state index is 3.92. The van der Waals surface area contributed by atoms with Gasteiger partial charge in [0.05, 0.1) is 0 Å². The SMILES string of the molecule is CC(C)C1CNC2(CCCC2)CN1C1CCC1. The van der Waals surface area contributed by atoms with Crippen LogP contribution in [0.25, 0.3) is 0 Å². The maximum absolute atomic E-state index is 3.92. The Kier molecular flexibility index (Phi) is 3.20. The normalized spacial score (nSPS) is 34.4. The van der Waals surface area contributed by atoms with Crippen molar-refractivity contribution in [1.82, 2.24) is 10.2 Å². The molecule has 0 aromatic rings. The minimum Gasteiger partial charge on any atom is -0.308 e. The average molecular weight is 236 g/mol. The first-order valence-corrected chi connectivity index (χ1v) is 7.71. The summed E-state index contributed by atoms with van der Waals surface area (Å²) >= 11 is 0. The number of hydrogen-bond acceptors (Lipinski definition) is 2.